The molecule has 1 saturated heterocycles. The Balaban J connectivity index is 1.47. The number of carbonyl (C=O) groups is 2. The second kappa shape index (κ2) is 7.54. The average Bonchev–Trinajstić information content (AvgIpc) is 3.15. The molecule has 1 aliphatic rings. The van der Waals surface area contributed by atoms with Crippen LogP contribution in [0.5, 0.6) is 0 Å². The lowest BCUT2D eigenvalue weighted by molar-refractivity contribution is -0.121. The number of rotatable bonds is 3. The van der Waals surface area contributed by atoms with Crippen molar-refractivity contribution in [2.45, 2.75) is 19.8 Å². The van der Waals surface area contributed by atoms with E-state index in [1.807, 2.05) is 24.3 Å². The summed E-state index contributed by atoms with van der Waals surface area (Å²) in [6.07, 6.45) is 1.11. The Kier molecular flexibility index (Phi) is 4.92. The minimum Gasteiger partial charge on any atom is -0.360 e. The molecule has 2 amide bonds. The largest absolute Gasteiger partial charge is 0.360 e. The summed E-state index contributed by atoms with van der Waals surface area (Å²) < 4.78 is 6.49. The van der Waals surface area contributed by atoms with Crippen molar-refractivity contribution in [2.24, 2.45) is 13.0 Å². The second-order valence-corrected chi connectivity index (χ2v) is 7.35. The van der Waals surface area contributed by atoms with E-state index in [2.05, 4.69) is 10.5 Å². The standard InChI is InChI=1S/C21H22N4O4/c1-13-11-18(23-29-13)22-20(27)14-7-9-25(10-8-14)21(28)16-12-19(26)24(2)17-6-4-3-5-15(16)17/h3-6,11-12,14H,7-10H2,1-2H3,(H,22,23,27). The first-order valence-electron chi connectivity index (χ1n) is 9.56. The van der Waals surface area contributed by atoms with Gasteiger partial charge in [-0.3, -0.25) is 14.4 Å². The number of amides is 2. The maximum Gasteiger partial charge on any atom is 0.254 e. The van der Waals surface area contributed by atoms with Gasteiger partial charge in [-0.05, 0) is 25.8 Å². The molecule has 0 radical (unpaired) electrons. The number of likely N-dealkylation sites (tertiary alicyclic amines) is 1. The summed E-state index contributed by atoms with van der Waals surface area (Å²) in [5.74, 6) is 0.533. The zero-order valence-corrected chi connectivity index (χ0v) is 16.3. The number of hydrogen-bond acceptors (Lipinski definition) is 5. The summed E-state index contributed by atoms with van der Waals surface area (Å²) in [4.78, 5) is 39.5. The van der Waals surface area contributed by atoms with E-state index in [-0.39, 0.29) is 23.3 Å². The Labute approximate surface area is 167 Å². The van der Waals surface area contributed by atoms with E-state index in [4.69, 9.17) is 4.52 Å². The summed E-state index contributed by atoms with van der Waals surface area (Å²) in [6.45, 7) is 2.67. The molecule has 3 heterocycles. The van der Waals surface area contributed by atoms with E-state index in [9.17, 15) is 14.4 Å². The van der Waals surface area contributed by atoms with Crippen LogP contribution in [-0.4, -0.2) is 39.5 Å². The van der Waals surface area contributed by atoms with Gasteiger partial charge in [0.15, 0.2) is 5.82 Å². The molecule has 1 aliphatic heterocycles. The molecular weight excluding hydrogens is 372 g/mol. The van der Waals surface area contributed by atoms with Gasteiger partial charge in [0.25, 0.3) is 11.5 Å². The van der Waals surface area contributed by atoms with Crippen LogP contribution in [-0.2, 0) is 11.8 Å². The molecule has 29 heavy (non-hydrogen) atoms. The fraction of sp³-hybridized carbons (Fsp3) is 0.333. The van der Waals surface area contributed by atoms with E-state index in [0.29, 0.717) is 43.1 Å². The molecule has 4 rings (SSSR count). The fourth-order valence-corrected chi connectivity index (χ4v) is 3.76. The molecule has 3 aromatic rings. The van der Waals surface area contributed by atoms with Crippen molar-refractivity contribution >= 4 is 28.5 Å². The van der Waals surface area contributed by atoms with Crippen LogP contribution in [0.3, 0.4) is 0 Å². The van der Waals surface area contributed by atoms with Gasteiger partial charge in [0.1, 0.15) is 5.76 Å². The van der Waals surface area contributed by atoms with Crippen molar-refractivity contribution in [3.8, 4) is 0 Å². The predicted octanol–water partition coefficient (Wildman–Crippen LogP) is 2.33. The van der Waals surface area contributed by atoms with Gasteiger partial charge in [-0.15, -0.1) is 0 Å². The van der Waals surface area contributed by atoms with Crippen molar-refractivity contribution < 1.29 is 14.1 Å². The number of nitrogens with one attached hydrogen (secondary N) is 1. The number of hydrogen-bond donors (Lipinski definition) is 1. The zero-order valence-electron chi connectivity index (χ0n) is 16.3. The topological polar surface area (TPSA) is 97.4 Å². The summed E-state index contributed by atoms with van der Waals surface area (Å²) >= 11 is 0. The number of fused-ring (bicyclic) bond motifs is 1. The quantitative estimate of drug-likeness (QED) is 0.735. The average molecular weight is 394 g/mol. The van der Waals surface area contributed by atoms with E-state index < -0.39 is 0 Å². The summed E-state index contributed by atoms with van der Waals surface area (Å²) in [6, 6.07) is 10.4. The second-order valence-electron chi connectivity index (χ2n) is 7.35. The number of para-hydroxylation sites is 1. The molecule has 1 fully saturated rings. The maximum absolute atomic E-state index is 13.1. The molecule has 0 bridgehead atoms. The highest BCUT2D eigenvalue weighted by Gasteiger charge is 2.29. The molecule has 8 nitrogen and oxygen atoms in total. The number of anilines is 1. The Morgan fingerprint density at radius 3 is 2.59 bits per heavy atom. The number of aryl methyl sites for hydroxylation is 2. The van der Waals surface area contributed by atoms with E-state index >= 15 is 0 Å². The van der Waals surface area contributed by atoms with Crippen LogP contribution in [0.4, 0.5) is 5.82 Å². The third-order valence-corrected chi connectivity index (χ3v) is 5.42. The van der Waals surface area contributed by atoms with E-state index in [1.54, 1.807) is 24.9 Å². The minimum absolute atomic E-state index is 0.121. The van der Waals surface area contributed by atoms with Crippen LogP contribution in [0.25, 0.3) is 10.9 Å². The number of carbonyl (C=O) groups excluding carboxylic acids is 2. The molecule has 2 aromatic heterocycles. The van der Waals surface area contributed by atoms with Gasteiger partial charge in [0, 0.05) is 43.6 Å². The summed E-state index contributed by atoms with van der Waals surface area (Å²) in [5.41, 5.74) is 0.911. The maximum atomic E-state index is 13.1. The molecule has 0 unspecified atom stereocenters. The first kappa shape index (κ1) is 18.9. The van der Waals surface area contributed by atoms with Gasteiger partial charge >= 0.3 is 0 Å². The summed E-state index contributed by atoms with van der Waals surface area (Å²) in [7, 11) is 1.69. The smallest absolute Gasteiger partial charge is 0.254 e. The number of benzene rings is 1. The molecular formula is C21H22N4O4. The van der Waals surface area contributed by atoms with Crippen molar-refractivity contribution in [1.82, 2.24) is 14.6 Å². The van der Waals surface area contributed by atoms with Gasteiger partial charge in [-0.25, -0.2) is 0 Å². The van der Waals surface area contributed by atoms with Crippen molar-refractivity contribution in [3.63, 3.8) is 0 Å². The Hall–Kier alpha value is -3.42. The predicted molar refractivity (Wildman–Crippen MR) is 108 cm³/mol. The third kappa shape index (κ3) is 3.65. The van der Waals surface area contributed by atoms with Crippen molar-refractivity contribution in [1.29, 1.82) is 0 Å². The summed E-state index contributed by atoms with van der Waals surface area (Å²) in [5, 5.41) is 7.28. The lowest BCUT2D eigenvalue weighted by Crippen LogP contribution is -2.42. The fourth-order valence-electron chi connectivity index (χ4n) is 3.76. The molecule has 150 valence electrons. The molecule has 1 N–H and O–H groups in total. The first-order valence-corrected chi connectivity index (χ1v) is 9.56. The lowest BCUT2D eigenvalue weighted by Gasteiger charge is -2.31. The van der Waals surface area contributed by atoms with Crippen LogP contribution < -0.4 is 10.9 Å². The van der Waals surface area contributed by atoms with Crippen LogP contribution >= 0.6 is 0 Å². The highest BCUT2D eigenvalue weighted by Crippen LogP contribution is 2.23. The van der Waals surface area contributed by atoms with Gasteiger partial charge < -0.3 is 19.3 Å². The molecule has 0 spiro atoms. The number of aromatic nitrogens is 2. The Morgan fingerprint density at radius 2 is 1.90 bits per heavy atom. The first-order chi connectivity index (χ1) is 13.9. The van der Waals surface area contributed by atoms with Crippen LogP contribution in [0.1, 0.15) is 29.0 Å². The van der Waals surface area contributed by atoms with Crippen molar-refractivity contribution in [2.75, 3.05) is 18.4 Å². The van der Waals surface area contributed by atoms with Gasteiger partial charge in [0.05, 0.1) is 11.1 Å². The van der Waals surface area contributed by atoms with Crippen LogP contribution in [0, 0.1) is 12.8 Å². The number of piperidine rings is 1. The molecule has 0 aliphatic carbocycles. The van der Waals surface area contributed by atoms with Crippen LogP contribution in [0.15, 0.2) is 45.7 Å². The van der Waals surface area contributed by atoms with E-state index in [0.717, 1.165) is 10.9 Å². The van der Waals surface area contributed by atoms with Crippen LogP contribution in [0.2, 0.25) is 0 Å². The zero-order chi connectivity index (χ0) is 20.5. The Bertz CT molecular complexity index is 1140. The third-order valence-electron chi connectivity index (χ3n) is 5.42. The molecule has 0 atom stereocenters. The van der Waals surface area contributed by atoms with E-state index in [1.165, 1.54) is 10.6 Å². The minimum atomic E-state index is -0.218. The number of pyridine rings is 1. The monoisotopic (exact) mass is 394 g/mol. The highest BCUT2D eigenvalue weighted by molar-refractivity contribution is 6.06. The molecule has 8 heteroatoms. The van der Waals surface area contributed by atoms with Crippen molar-refractivity contribution in [3.05, 3.63) is 58.1 Å². The SMILES string of the molecule is Cc1cc(NC(=O)C2CCN(C(=O)c3cc(=O)n(C)c4ccccc34)CC2)no1. The number of nitrogens with zero attached hydrogens (tertiary/aromatic N) is 3. The van der Waals surface area contributed by atoms with Gasteiger partial charge in [-0.1, -0.05) is 23.4 Å². The van der Waals surface area contributed by atoms with Gasteiger partial charge in [-0.2, -0.15) is 0 Å². The highest BCUT2D eigenvalue weighted by atomic mass is 16.5. The Morgan fingerprint density at radius 1 is 1.17 bits per heavy atom. The lowest BCUT2D eigenvalue weighted by atomic mass is 9.95. The molecule has 0 saturated carbocycles. The normalized spacial score (nSPS) is 14.9. The van der Waals surface area contributed by atoms with Gasteiger partial charge in [0.2, 0.25) is 5.91 Å². The molecule has 1 aromatic carbocycles.